The van der Waals surface area contributed by atoms with E-state index in [1.807, 2.05) is 4.68 Å². The van der Waals surface area contributed by atoms with Gasteiger partial charge in [-0.25, -0.2) is 4.68 Å². The van der Waals surface area contributed by atoms with Crippen molar-refractivity contribution in [2.24, 2.45) is 5.92 Å². The fraction of sp³-hybridized carbons (Fsp3) is 0.526. The molecule has 4 rings (SSSR count). The fourth-order valence-electron chi connectivity index (χ4n) is 3.66. The van der Waals surface area contributed by atoms with Gasteiger partial charge in [0, 0.05) is 19.1 Å². The lowest BCUT2D eigenvalue weighted by molar-refractivity contribution is 0.0470. The van der Waals surface area contributed by atoms with Crippen LogP contribution in [0, 0.1) is 5.92 Å². The van der Waals surface area contributed by atoms with Crippen molar-refractivity contribution in [2.75, 3.05) is 13.1 Å². The third-order valence-electron chi connectivity index (χ3n) is 5.07. The first-order valence-electron chi connectivity index (χ1n) is 9.13. The molecule has 1 aromatic carbocycles. The van der Waals surface area contributed by atoms with E-state index in [0.717, 1.165) is 25.9 Å². The van der Waals surface area contributed by atoms with Crippen molar-refractivity contribution in [1.29, 1.82) is 0 Å². The summed E-state index contributed by atoms with van der Waals surface area (Å²) in [4.78, 5) is 14.8. The Morgan fingerprint density at radius 1 is 1.20 bits per heavy atom. The molecular weight excluding hydrogens is 314 g/mol. The summed E-state index contributed by atoms with van der Waals surface area (Å²) in [7, 11) is 0. The summed E-state index contributed by atoms with van der Waals surface area (Å²) < 4.78 is 1.81. The van der Waals surface area contributed by atoms with Crippen molar-refractivity contribution in [2.45, 2.75) is 44.8 Å². The Balaban J connectivity index is 1.33. The van der Waals surface area contributed by atoms with E-state index in [9.17, 15) is 4.79 Å². The first kappa shape index (κ1) is 16.3. The quantitative estimate of drug-likeness (QED) is 0.878. The number of carbonyl (C=O) groups is 1. The van der Waals surface area contributed by atoms with Crippen LogP contribution in [0.15, 0.2) is 36.5 Å². The maximum Gasteiger partial charge on any atom is 0.273 e. The zero-order chi connectivity index (χ0) is 17.4. The number of amides is 1. The molecule has 6 nitrogen and oxygen atoms in total. The molecule has 1 N–H and O–H groups in total. The third-order valence-corrected chi connectivity index (χ3v) is 5.07. The van der Waals surface area contributed by atoms with Crippen LogP contribution in [0.1, 0.15) is 54.8 Å². The van der Waals surface area contributed by atoms with Crippen LogP contribution in [0.2, 0.25) is 0 Å². The smallest absolute Gasteiger partial charge is 0.273 e. The van der Waals surface area contributed by atoms with Gasteiger partial charge in [-0.2, -0.15) is 0 Å². The molecule has 1 aliphatic carbocycles. The number of benzene rings is 1. The summed E-state index contributed by atoms with van der Waals surface area (Å²) in [5, 5.41) is 11.1. The molecule has 1 amide bonds. The summed E-state index contributed by atoms with van der Waals surface area (Å²) in [5.41, 5.74) is 1.77. The minimum atomic E-state index is -0.114. The standard InChI is InChI=1S/C19H25N5O/c1-13(2)18(14-6-4-3-5-7-14)23-10-15(11-23)20-19(25)17-12-24(22-21-17)16-8-9-16/h3-7,12-13,15-16,18H,8-11H2,1-2H3,(H,20,25). The van der Waals surface area contributed by atoms with Crippen LogP contribution in [-0.2, 0) is 0 Å². The third kappa shape index (κ3) is 3.44. The number of nitrogens with one attached hydrogen (secondary N) is 1. The maximum atomic E-state index is 12.3. The lowest BCUT2D eigenvalue weighted by Crippen LogP contribution is -2.60. The minimum absolute atomic E-state index is 0.114. The first-order valence-corrected chi connectivity index (χ1v) is 9.13. The SMILES string of the molecule is CC(C)C(c1ccccc1)N1CC(NC(=O)c2cn(C3CC3)nn2)C1. The number of hydrogen-bond donors (Lipinski definition) is 1. The van der Waals surface area contributed by atoms with Gasteiger partial charge in [0.25, 0.3) is 5.91 Å². The first-order chi connectivity index (χ1) is 12.1. The lowest BCUT2D eigenvalue weighted by atomic mass is 9.91. The van der Waals surface area contributed by atoms with Gasteiger partial charge in [-0.3, -0.25) is 9.69 Å². The number of likely N-dealkylation sites (tertiary alicyclic amines) is 1. The van der Waals surface area contributed by atoms with Gasteiger partial charge in [0.2, 0.25) is 0 Å². The van der Waals surface area contributed by atoms with Crippen molar-refractivity contribution in [3.05, 3.63) is 47.8 Å². The average molecular weight is 339 g/mol. The highest BCUT2D eigenvalue weighted by Crippen LogP contribution is 2.34. The van der Waals surface area contributed by atoms with Crippen LogP contribution in [0.5, 0.6) is 0 Å². The van der Waals surface area contributed by atoms with E-state index in [-0.39, 0.29) is 11.9 Å². The van der Waals surface area contributed by atoms with Gasteiger partial charge in [-0.1, -0.05) is 49.4 Å². The largest absolute Gasteiger partial charge is 0.345 e. The molecular formula is C19H25N5O. The Labute approximate surface area is 148 Å². The molecule has 1 unspecified atom stereocenters. The van der Waals surface area contributed by atoms with E-state index in [2.05, 4.69) is 64.7 Å². The molecule has 2 aliphatic rings. The van der Waals surface area contributed by atoms with Crippen LogP contribution < -0.4 is 5.32 Å². The number of nitrogens with zero attached hydrogens (tertiary/aromatic N) is 4. The molecule has 0 spiro atoms. The van der Waals surface area contributed by atoms with Gasteiger partial charge in [-0.05, 0) is 24.3 Å². The summed E-state index contributed by atoms with van der Waals surface area (Å²) in [5.74, 6) is 0.412. The van der Waals surface area contributed by atoms with E-state index >= 15 is 0 Å². The highest BCUT2D eigenvalue weighted by atomic mass is 16.2. The molecule has 0 bridgehead atoms. The van der Waals surface area contributed by atoms with Crippen LogP contribution in [-0.4, -0.2) is 44.9 Å². The maximum absolute atomic E-state index is 12.3. The molecule has 132 valence electrons. The van der Waals surface area contributed by atoms with Crippen molar-refractivity contribution >= 4 is 5.91 Å². The Morgan fingerprint density at radius 2 is 1.92 bits per heavy atom. The van der Waals surface area contributed by atoms with E-state index < -0.39 is 0 Å². The monoisotopic (exact) mass is 339 g/mol. The molecule has 0 radical (unpaired) electrons. The summed E-state index contributed by atoms with van der Waals surface area (Å²) in [6.07, 6.45) is 4.04. The summed E-state index contributed by atoms with van der Waals surface area (Å²) >= 11 is 0. The number of rotatable bonds is 6. The predicted molar refractivity (Wildman–Crippen MR) is 95.1 cm³/mol. The van der Waals surface area contributed by atoms with Crippen molar-refractivity contribution < 1.29 is 4.79 Å². The topological polar surface area (TPSA) is 63.1 Å². The summed E-state index contributed by atoms with van der Waals surface area (Å²) in [6.45, 7) is 6.25. The second-order valence-corrected chi connectivity index (χ2v) is 7.54. The van der Waals surface area contributed by atoms with Gasteiger partial charge in [0.1, 0.15) is 0 Å². The number of carbonyl (C=O) groups excluding carboxylic acids is 1. The second-order valence-electron chi connectivity index (χ2n) is 7.54. The van der Waals surface area contributed by atoms with E-state index in [0.29, 0.717) is 23.7 Å². The fourth-order valence-corrected chi connectivity index (χ4v) is 3.66. The molecule has 2 aromatic rings. The summed E-state index contributed by atoms with van der Waals surface area (Å²) in [6, 6.07) is 11.6. The average Bonchev–Trinajstić information content (AvgIpc) is 3.30. The van der Waals surface area contributed by atoms with Crippen LogP contribution >= 0.6 is 0 Å². The normalized spacial score (nSPS) is 19.6. The molecule has 1 aromatic heterocycles. The molecule has 1 aliphatic heterocycles. The van der Waals surface area contributed by atoms with Crippen LogP contribution in [0.25, 0.3) is 0 Å². The van der Waals surface area contributed by atoms with Crippen molar-refractivity contribution in [3.8, 4) is 0 Å². The molecule has 2 heterocycles. The molecule has 1 saturated carbocycles. The Kier molecular flexibility index (Phi) is 4.29. The minimum Gasteiger partial charge on any atom is -0.345 e. The zero-order valence-electron chi connectivity index (χ0n) is 14.8. The molecule has 1 saturated heterocycles. The van der Waals surface area contributed by atoms with Gasteiger partial charge in [0.05, 0.1) is 18.3 Å². The Bertz CT molecular complexity index is 731. The van der Waals surface area contributed by atoms with E-state index in [4.69, 9.17) is 0 Å². The Morgan fingerprint density at radius 3 is 2.56 bits per heavy atom. The molecule has 6 heteroatoms. The van der Waals surface area contributed by atoms with Crippen molar-refractivity contribution in [3.63, 3.8) is 0 Å². The van der Waals surface area contributed by atoms with Gasteiger partial charge >= 0.3 is 0 Å². The Hall–Kier alpha value is -2.21. The molecule has 25 heavy (non-hydrogen) atoms. The molecule has 2 fully saturated rings. The van der Waals surface area contributed by atoms with Crippen LogP contribution in [0.4, 0.5) is 0 Å². The van der Waals surface area contributed by atoms with Crippen molar-refractivity contribution in [1.82, 2.24) is 25.2 Å². The predicted octanol–water partition coefficient (Wildman–Crippen LogP) is 2.42. The zero-order valence-corrected chi connectivity index (χ0v) is 14.8. The number of aromatic nitrogens is 3. The highest BCUT2D eigenvalue weighted by Gasteiger charge is 2.36. The molecule has 1 atom stereocenters. The van der Waals surface area contributed by atoms with Gasteiger partial charge in [-0.15, -0.1) is 5.10 Å². The van der Waals surface area contributed by atoms with E-state index in [1.165, 1.54) is 5.56 Å². The van der Waals surface area contributed by atoms with Gasteiger partial charge in [0.15, 0.2) is 5.69 Å². The van der Waals surface area contributed by atoms with Gasteiger partial charge < -0.3 is 5.32 Å². The number of hydrogen-bond acceptors (Lipinski definition) is 4. The highest BCUT2D eigenvalue weighted by molar-refractivity contribution is 5.92. The lowest BCUT2D eigenvalue weighted by Gasteiger charge is -2.46. The van der Waals surface area contributed by atoms with Crippen LogP contribution in [0.3, 0.4) is 0 Å². The van der Waals surface area contributed by atoms with E-state index in [1.54, 1.807) is 6.20 Å². The second kappa shape index (κ2) is 6.59.